The van der Waals surface area contributed by atoms with Gasteiger partial charge < -0.3 is 10.1 Å². The average Bonchev–Trinajstić information content (AvgIpc) is 2.98. The third-order valence-corrected chi connectivity index (χ3v) is 3.38. The highest BCUT2D eigenvalue weighted by atomic mass is 16.5. The van der Waals surface area contributed by atoms with E-state index in [1.807, 2.05) is 17.7 Å². The molecule has 5 heteroatoms. The molecule has 0 radical (unpaired) electrons. The summed E-state index contributed by atoms with van der Waals surface area (Å²) >= 11 is 0. The van der Waals surface area contributed by atoms with Crippen LogP contribution in [0.2, 0.25) is 0 Å². The highest BCUT2D eigenvalue weighted by Gasteiger charge is 2.15. The second-order valence-corrected chi connectivity index (χ2v) is 4.81. The van der Waals surface area contributed by atoms with E-state index < -0.39 is 0 Å². The fourth-order valence-corrected chi connectivity index (χ4v) is 2.16. The Balaban J connectivity index is 1.59. The number of nitrogens with zero attached hydrogens (tertiary/aromatic N) is 2. The second kappa shape index (κ2) is 6.54. The van der Waals surface area contributed by atoms with E-state index in [1.54, 1.807) is 6.20 Å². The van der Waals surface area contributed by atoms with E-state index in [4.69, 9.17) is 4.74 Å². The van der Waals surface area contributed by atoms with E-state index in [2.05, 4.69) is 10.4 Å². The molecule has 1 aromatic heterocycles. The number of rotatable bonds is 6. The van der Waals surface area contributed by atoms with Gasteiger partial charge in [0.2, 0.25) is 5.91 Å². The zero-order valence-electron chi connectivity index (χ0n) is 10.9. The highest BCUT2D eigenvalue weighted by Crippen LogP contribution is 2.15. The Morgan fingerprint density at radius 2 is 2.56 bits per heavy atom. The number of carbonyl (C=O) groups is 1. The van der Waals surface area contributed by atoms with Crippen LogP contribution in [0, 0.1) is 12.8 Å². The van der Waals surface area contributed by atoms with Gasteiger partial charge in [-0.05, 0) is 31.7 Å². The van der Waals surface area contributed by atoms with E-state index in [1.165, 1.54) is 0 Å². The van der Waals surface area contributed by atoms with Gasteiger partial charge in [-0.2, -0.15) is 5.10 Å². The molecule has 1 N–H and O–H groups in total. The number of carbonyl (C=O) groups excluding carboxylic acids is 1. The summed E-state index contributed by atoms with van der Waals surface area (Å²) in [5.74, 6) is 0.725. The summed E-state index contributed by atoms with van der Waals surface area (Å²) in [6.45, 7) is 5.12. The van der Waals surface area contributed by atoms with E-state index in [0.717, 1.165) is 38.3 Å². The van der Waals surface area contributed by atoms with Crippen molar-refractivity contribution in [2.45, 2.75) is 32.7 Å². The topological polar surface area (TPSA) is 56.2 Å². The van der Waals surface area contributed by atoms with Crippen molar-refractivity contribution in [3.8, 4) is 0 Å². The van der Waals surface area contributed by atoms with Gasteiger partial charge in [0, 0.05) is 44.6 Å². The molecule has 0 saturated carbocycles. The van der Waals surface area contributed by atoms with Crippen LogP contribution in [0.4, 0.5) is 0 Å². The molecule has 1 aliphatic heterocycles. The fourth-order valence-electron chi connectivity index (χ4n) is 2.16. The van der Waals surface area contributed by atoms with E-state index in [9.17, 15) is 4.79 Å². The maximum absolute atomic E-state index is 11.6. The van der Waals surface area contributed by atoms with Crippen LogP contribution < -0.4 is 5.32 Å². The molecule has 1 aromatic rings. The van der Waals surface area contributed by atoms with Crippen molar-refractivity contribution in [3.05, 3.63) is 18.0 Å². The largest absolute Gasteiger partial charge is 0.381 e. The normalized spacial score (nSPS) is 19.1. The lowest BCUT2D eigenvalue weighted by molar-refractivity contribution is -0.121. The molecule has 18 heavy (non-hydrogen) atoms. The van der Waals surface area contributed by atoms with E-state index >= 15 is 0 Å². The molecule has 1 aliphatic rings. The van der Waals surface area contributed by atoms with Crippen molar-refractivity contribution in [3.63, 3.8) is 0 Å². The van der Waals surface area contributed by atoms with Gasteiger partial charge in [0.15, 0.2) is 0 Å². The molecule has 0 aromatic carbocycles. The number of hydrogen-bond acceptors (Lipinski definition) is 3. The molecule has 0 unspecified atom stereocenters. The number of hydrogen-bond donors (Lipinski definition) is 1. The lowest BCUT2D eigenvalue weighted by atomic mass is 10.1. The molecule has 5 nitrogen and oxygen atoms in total. The summed E-state index contributed by atoms with van der Waals surface area (Å²) in [6, 6.07) is 1.94. The zero-order valence-corrected chi connectivity index (χ0v) is 10.9. The predicted molar refractivity (Wildman–Crippen MR) is 68.1 cm³/mol. The lowest BCUT2D eigenvalue weighted by Crippen LogP contribution is -2.27. The Bertz CT molecular complexity index is 383. The molecule has 1 fully saturated rings. The highest BCUT2D eigenvalue weighted by molar-refractivity contribution is 5.75. The van der Waals surface area contributed by atoms with Crippen molar-refractivity contribution in [2.24, 2.45) is 5.92 Å². The van der Waals surface area contributed by atoms with E-state index in [0.29, 0.717) is 18.9 Å². The molecule has 1 saturated heterocycles. The Morgan fingerprint density at radius 1 is 1.67 bits per heavy atom. The van der Waals surface area contributed by atoms with Crippen LogP contribution in [0.1, 0.15) is 25.0 Å². The number of aromatic nitrogens is 2. The first kappa shape index (κ1) is 13.1. The Kier molecular flexibility index (Phi) is 4.75. The van der Waals surface area contributed by atoms with Crippen LogP contribution >= 0.6 is 0 Å². The standard InChI is InChI=1S/C13H21N3O2/c1-11-2-7-15-16(11)8-4-13(17)14-6-3-12-5-9-18-10-12/h2,7,12H,3-6,8-10H2,1H3,(H,14,17)/t12-/m0/s1. The molecular formula is C13H21N3O2. The summed E-state index contributed by atoms with van der Waals surface area (Å²) in [7, 11) is 0. The zero-order chi connectivity index (χ0) is 12.8. The van der Waals surface area contributed by atoms with Gasteiger partial charge in [-0.25, -0.2) is 0 Å². The summed E-state index contributed by atoms with van der Waals surface area (Å²) in [5.41, 5.74) is 1.09. The van der Waals surface area contributed by atoms with Crippen molar-refractivity contribution >= 4 is 5.91 Å². The molecule has 0 spiro atoms. The number of ether oxygens (including phenoxy) is 1. The maximum Gasteiger partial charge on any atom is 0.221 e. The first-order chi connectivity index (χ1) is 8.75. The minimum Gasteiger partial charge on any atom is -0.381 e. The first-order valence-corrected chi connectivity index (χ1v) is 6.58. The molecule has 1 atom stereocenters. The molecule has 2 rings (SSSR count). The Labute approximate surface area is 108 Å². The van der Waals surface area contributed by atoms with E-state index in [-0.39, 0.29) is 5.91 Å². The quantitative estimate of drug-likeness (QED) is 0.824. The van der Waals surface area contributed by atoms with Gasteiger partial charge in [-0.1, -0.05) is 0 Å². The second-order valence-electron chi connectivity index (χ2n) is 4.81. The van der Waals surface area contributed by atoms with Crippen LogP contribution in [-0.4, -0.2) is 35.4 Å². The van der Waals surface area contributed by atoms with Gasteiger partial charge in [-0.15, -0.1) is 0 Å². The van der Waals surface area contributed by atoms with Crippen molar-refractivity contribution in [2.75, 3.05) is 19.8 Å². The SMILES string of the molecule is Cc1ccnn1CCC(=O)NCC[C@H]1CCOC1. The summed E-state index contributed by atoms with van der Waals surface area (Å²) in [4.78, 5) is 11.6. The molecule has 1 amide bonds. The summed E-state index contributed by atoms with van der Waals surface area (Å²) in [6.07, 6.45) is 4.39. The van der Waals surface area contributed by atoms with Gasteiger partial charge in [0.1, 0.15) is 0 Å². The van der Waals surface area contributed by atoms with Crippen molar-refractivity contribution in [1.29, 1.82) is 0 Å². The van der Waals surface area contributed by atoms with Crippen LogP contribution in [0.25, 0.3) is 0 Å². The van der Waals surface area contributed by atoms with Gasteiger partial charge in [0.25, 0.3) is 0 Å². The third-order valence-electron chi connectivity index (χ3n) is 3.38. The van der Waals surface area contributed by atoms with Gasteiger partial charge in [-0.3, -0.25) is 9.48 Å². The number of aryl methyl sites for hydroxylation is 2. The molecule has 0 bridgehead atoms. The Morgan fingerprint density at radius 3 is 3.22 bits per heavy atom. The maximum atomic E-state index is 11.6. The summed E-state index contributed by atoms with van der Waals surface area (Å²) in [5, 5.41) is 7.11. The minimum atomic E-state index is 0.101. The van der Waals surface area contributed by atoms with Crippen LogP contribution in [-0.2, 0) is 16.1 Å². The third kappa shape index (κ3) is 3.84. The molecule has 100 valence electrons. The van der Waals surface area contributed by atoms with Gasteiger partial charge >= 0.3 is 0 Å². The number of nitrogens with one attached hydrogen (secondary N) is 1. The average molecular weight is 251 g/mol. The predicted octanol–water partition coefficient (Wildman–Crippen LogP) is 1.12. The first-order valence-electron chi connectivity index (χ1n) is 6.58. The summed E-state index contributed by atoms with van der Waals surface area (Å²) < 4.78 is 7.15. The number of amides is 1. The smallest absolute Gasteiger partial charge is 0.221 e. The van der Waals surface area contributed by atoms with Crippen molar-refractivity contribution in [1.82, 2.24) is 15.1 Å². The fraction of sp³-hybridized carbons (Fsp3) is 0.692. The lowest BCUT2D eigenvalue weighted by Gasteiger charge is -2.09. The Hall–Kier alpha value is -1.36. The minimum absolute atomic E-state index is 0.101. The van der Waals surface area contributed by atoms with Crippen LogP contribution in [0.15, 0.2) is 12.3 Å². The van der Waals surface area contributed by atoms with Crippen LogP contribution in [0.5, 0.6) is 0 Å². The van der Waals surface area contributed by atoms with Gasteiger partial charge in [0.05, 0.1) is 0 Å². The monoisotopic (exact) mass is 251 g/mol. The molecular weight excluding hydrogens is 230 g/mol. The molecule has 0 aliphatic carbocycles. The van der Waals surface area contributed by atoms with Crippen molar-refractivity contribution < 1.29 is 9.53 Å². The molecule has 2 heterocycles. The van der Waals surface area contributed by atoms with Crippen LogP contribution in [0.3, 0.4) is 0 Å².